The van der Waals surface area contributed by atoms with E-state index in [-0.39, 0.29) is 11.7 Å². The average Bonchev–Trinajstić information content (AvgIpc) is 3.45. The van der Waals surface area contributed by atoms with Crippen LogP contribution < -0.4 is 0 Å². The first-order valence-corrected chi connectivity index (χ1v) is 10.1. The van der Waals surface area contributed by atoms with Crippen molar-refractivity contribution in [1.82, 2.24) is 14.9 Å². The van der Waals surface area contributed by atoms with Crippen LogP contribution in [0.25, 0.3) is 0 Å². The number of carbonyl (C=O) groups excluding carboxylic acids is 1. The molecule has 0 bridgehead atoms. The second kappa shape index (κ2) is 8.16. The van der Waals surface area contributed by atoms with E-state index in [0.29, 0.717) is 25.4 Å². The van der Waals surface area contributed by atoms with Gasteiger partial charge in [0.1, 0.15) is 5.82 Å². The molecule has 1 aromatic carbocycles. The van der Waals surface area contributed by atoms with Crippen LogP contribution in [0.1, 0.15) is 41.8 Å². The third-order valence-corrected chi connectivity index (χ3v) is 5.29. The highest BCUT2D eigenvalue weighted by Gasteiger charge is 2.32. The summed E-state index contributed by atoms with van der Waals surface area (Å²) in [5, 5.41) is 0.769. The largest absolute Gasteiger partial charge is 0.335 e. The van der Waals surface area contributed by atoms with Crippen molar-refractivity contribution in [2.24, 2.45) is 0 Å². The molecule has 1 amide bonds. The first kappa shape index (κ1) is 18.8. The Labute approximate surface area is 158 Å². The molecular formula is C20H24FN3OS. The second-order valence-corrected chi connectivity index (χ2v) is 7.51. The fourth-order valence-corrected chi connectivity index (χ4v) is 3.59. The number of rotatable bonds is 7. The Balaban J connectivity index is 1.66. The fourth-order valence-electron chi connectivity index (χ4n) is 3.13. The van der Waals surface area contributed by atoms with Crippen molar-refractivity contribution in [3.8, 4) is 0 Å². The number of aromatic nitrogens is 2. The minimum absolute atomic E-state index is 0.143. The van der Waals surface area contributed by atoms with Gasteiger partial charge in [-0.05, 0) is 62.6 Å². The molecule has 1 aliphatic rings. The molecule has 0 radical (unpaired) electrons. The lowest BCUT2D eigenvalue weighted by atomic mass is 10.1. The zero-order chi connectivity index (χ0) is 18.7. The number of halogens is 1. The van der Waals surface area contributed by atoms with Crippen molar-refractivity contribution in [3.63, 3.8) is 0 Å². The van der Waals surface area contributed by atoms with Crippen LogP contribution >= 0.6 is 11.8 Å². The van der Waals surface area contributed by atoms with Crippen molar-refractivity contribution in [2.75, 3.05) is 6.26 Å². The van der Waals surface area contributed by atoms with Crippen molar-refractivity contribution in [3.05, 3.63) is 52.6 Å². The first-order chi connectivity index (χ1) is 12.5. The van der Waals surface area contributed by atoms with Crippen LogP contribution in [0.4, 0.5) is 4.39 Å². The number of hydrogen-bond donors (Lipinski definition) is 0. The van der Waals surface area contributed by atoms with Crippen molar-refractivity contribution >= 4 is 17.7 Å². The van der Waals surface area contributed by atoms with Gasteiger partial charge in [-0.2, -0.15) is 0 Å². The minimum atomic E-state index is -0.252. The molecule has 2 aromatic rings. The van der Waals surface area contributed by atoms with E-state index in [4.69, 9.17) is 0 Å². The van der Waals surface area contributed by atoms with E-state index < -0.39 is 0 Å². The summed E-state index contributed by atoms with van der Waals surface area (Å²) in [7, 11) is 0. The summed E-state index contributed by atoms with van der Waals surface area (Å²) in [5.74, 6) is -0.109. The summed E-state index contributed by atoms with van der Waals surface area (Å²) in [6.07, 6.45) is 5.16. The molecule has 0 N–H and O–H groups in total. The highest BCUT2D eigenvalue weighted by Crippen LogP contribution is 2.29. The normalized spacial score (nSPS) is 13.7. The maximum atomic E-state index is 13.1. The number of hydrogen-bond acceptors (Lipinski definition) is 4. The Kier molecular flexibility index (Phi) is 5.91. The molecule has 138 valence electrons. The van der Waals surface area contributed by atoms with Crippen molar-refractivity contribution in [2.45, 2.75) is 57.3 Å². The molecule has 0 spiro atoms. The lowest BCUT2D eigenvalue weighted by Crippen LogP contribution is -2.32. The van der Waals surface area contributed by atoms with Gasteiger partial charge >= 0.3 is 0 Å². The van der Waals surface area contributed by atoms with Gasteiger partial charge in [0.15, 0.2) is 5.16 Å². The Morgan fingerprint density at radius 1 is 1.19 bits per heavy atom. The zero-order valence-electron chi connectivity index (χ0n) is 15.5. The van der Waals surface area contributed by atoms with Gasteiger partial charge in [0.2, 0.25) is 5.91 Å². The maximum absolute atomic E-state index is 13.1. The fraction of sp³-hybridized carbons (Fsp3) is 0.450. The Hall–Kier alpha value is -1.95. The quantitative estimate of drug-likeness (QED) is 0.542. The summed E-state index contributed by atoms with van der Waals surface area (Å²) < 4.78 is 13.1. The lowest BCUT2D eigenvalue weighted by molar-refractivity contribution is -0.132. The van der Waals surface area contributed by atoms with Gasteiger partial charge in [-0.15, -0.1) is 0 Å². The molecule has 0 unspecified atom stereocenters. The summed E-state index contributed by atoms with van der Waals surface area (Å²) >= 11 is 1.53. The van der Waals surface area contributed by atoms with Gasteiger partial charge in [-0.1, -0.05) is 23.9 Å². The molecule has 0 atom stereocenters. The molecule has 0 saturated heterocycles. The Morgan fingerprint density at radius 3 is 2.35 bits per heavy atom. The molecule has 1 heterocycles. The van der Waals surface area contributed by atoms with Gasteiger partial charge in [-0.3, -0.25) is 4.79 Å². The first-order valence-electron chi connectivity index (χ1n) is 8.90. The SMILES string of the molecule is CSc1nc(C)c(CCC(=O)N(Cc2ccc(F)cc2)C2CC2)c(C)n1. The summed E-state index contributed by atoms with van der Waals surface area (Å²) in [5.41, 5.74) is 3.93. The van der Waals surface area contributed by atoms with Crippen LogP contribution in [0.5, 0.6) is 0 Å². The van der Waals surface area contributed by atoms with Crippen LogP contribution in [0.3, 0.4) is 0 Å². The lowest BCUT2D eigenvalue weighted by Gasteiger charge is -2.23. The van der Waals surface area contributed by atoms with E-state index in [2.05, 4.69) is 9.97 Å². The molecule has 1 saturated carbocycles. The standard InChI is InChI=1S/C20H24FN3OS/c1-13-18(14(2)23-20(22-13)26-3)10-11-19(25)24(17-8-9-17)12-15-4-6-16(21)7-5-15/h4-7,17H,8-12H2,1-3H3. The number of carbonyl (C=O) groups is 1. The maximum Gasteiger partial charge on any atom is 0.223 e. The molecule has 4 nitrogen and oxygen atoms in total. The van der Waals surface area contributed by atoms with Gasteiger partial charge in [0.25, 0.3) is 0 Å². The van der Waals surface area contributed by atoms with Gasteiger partial charge in [-0.25, -0.2) is 14.4 Å². The van der Waals surface area contributed by atoms with Crippen molar-refractivity contribution < 1.29 is 9.18 Å². The van der Waals surface area contributed by atoms with Crippen LogP contribution in [-0.4, -0.2) is 33.1 Å². The van der Waals surface area contributed by atoms with Crippen molar-refractivity contribution in [1.29, 1.82) is 0 Å². The molecular weight excluding hydrogens is 349 g/mol. The van der Waals surface area contributed by atoms with E-state index in [0.717, 1.165) is 40.5 Å². The van der Waals surface area contributed by atoms with E-state index in [1.807, 2.05) is 25.0 Å². The minimum Gasteiger partial charge on any atom is -0.335 e. The van der Waals surface area contributed by atoms with E-state index in [9.17, 15) is 9.18 Å². The third-order valence-electron chi connectivity index (χ3n) is 4.75. The van der Waals surface area contributed by atoms with E-state index >= 15 is 0 Å². The molecule has 3 rings (SSSR count). The molecule has 1 aliphatic carbocycles. The molecule has 1 aromatic heterocycles. The predicted molar refractivity (Wildman–Crippen MR) is 102 cm³/mol. The van der Waals surface area contributed by atoms with Gasteiger partial charge in [0, 0.05) is 30.4 Å². The highest BCUT2D eigenvalue weighted by molar-refractivity contribution is 7.98. The van der Waals surface area contributed by atoms with E-state index in [1.165, 1.54) is 23.9 Å². The van der Waals surface area contributed by atoms with Crippen LogP contribution in [-0.2, 0) is 17.8 Å². The summed E-state index contributed by atoms with van der Waals surface area (Å²) in [4.78, 5) is 23.7. The Morgan fingerprint density at radius 2 is 1.81 bits per heavy atom. The summed E-state index contributed by atoms with van der Waals surface area (Å²) in [6.45, 7) is 4.50. The summed E-state index contributed by atoms with van der Waals surface area (Å²) in [6, 6.07) is 6.72. The Bertz CT molecular complexity index is 767. The van der Waals surface area contributed by atoms with Crippen LogP contribution in [0.15, 0.2) is 29.4 Å². The number of thioether (sulfide) groups is 1. The molecule has 26 heavy (non-hydrogen) atoms. The number of amides is 1. The van der Waals surface area contributed by atoms with E-state index in [1.54, 1.807) is 12.1 Å². The molecule has 6 heteroatoms. The number of nitrogens with zero attached hydrogens (tertiary/aromatic N) is 3. The number of benzene rings is 1. The van der Waals surface area contributed by atoms with Crippen LogP contribution in [0.2, 0.25) is 0 Å². The third kappa shape index (κ3) is 4.61. The highest BCUT2D eigenvalue weighted by atomic mass is 32.2. The zero-order valence-corrected chi connectivity index (χ0v) is 16.3. The average molecular weight is 373 g/mol. The molecule has 1 fully saturated rings. The monoisotopic (exact) mass is 373 g/mol. The van der Waals surface area contributed by atoms with Crippen LogP contribution in [0, 0.1) is 19.7 Å². The second-order valence-electron chi connectivity index (χ2n) is 6.74. The topological polar surface area (TPSA) is 46.1 Å². The van der Waals surface area contributed by atoms with Gasteiger partial charge < -0.3 is 4.90 Å². The predicted octanol–water partition coefficient (Wildman–Crippen LogP) is 4.08. The number of aryl methyl sites for hydroxylation is 2. The molecule has 0 aliphatic heterocycles. The smallest absolute Gasteiger partial charge is 0.223 e. The van der Waals surface area contributed by atoms with Gasteiger partial charge in [0.05, 0.1) is 0 Å².